The molecule has 1 aromatic carbocycles. The normalized spacial score (nSPS) is 12.0. The molecule has 1 aromatic heterocycles. The van der Waals surface area contributed by atoms with Gasteiger partial charge in [0.15, 0.2) is 6.10 Å². The lowest BCUT2D eigenvalue weighted by atomic mass is 10.3. The summed E-state index contributed by atoms with van der Waals surface area (Å²) in [6, 6.07) is 10.8. The second kappa shape index (κ2) is 8.31. The van der Waals surface area contributed by atoms with Gasteiger partial charge in [0.25, 0.3) is 5.91 Å². The molecule has 0 aliphatic rings. The summed E-state index contributed by atoms with van der Waals surface area (Å²) in [4.78, 5) is 25.9. The van der Waals surface area contributed by atoms with E-state index in [2.05, 4.69) is 5.32 Å². The van der Waals surface area contributed by atoms with E-state index in [0.29, 0.717) is 11.4 Å². The molecule has 2 rings (SSSR count). The summed E-state index contributed by atoms with van der Waals surface area (Å²) < 4.78 is 10.2. The summed E-state index contributed by atoms with van der Waals surface area (Å²) >= 11 is 1.58. The van der Waals surface area contributed by atoms with Gasteiger partial charge < -0.3 is 14.8 Å². The molecule has 1 heterocycles. The first kappa shape index (κ1) is 17.7. The Balaban J connectivity index is 1.85. The van der Waals surface area contributed by atoms with Crippen molar-refractivity contribution in [2.24, 2.45) is 0 Å². The fourth-order valence-electron chi connectivity index (χ4n) is 1.88. The zero-order valence-electron chi connectivity index (χ0n) is 13.7. The molecular weight excluding hydrogens is 326 g/mol. The van der Waals surface area contributed by atoms with Gasteiger partial charge in [0, 0.05) is 21.5 Å². The van der Waals surface area contributed by atoms with Crippen LogP contribution in [0.15, 0.2) is 42.5 Å². The van der Waals surface area contributed by atoms with Gasteiger partial charge in [0.2, 0.25) is 0 Å². The Morgan fingerprint density at radius 1 is 1.17 bits per heavy atom. The molecule has 5 nitrogen and oxygen atoms in total. The maximum atomic E-state index is 12.0. The van der Waals surface area contributed by atoms with Crippen molar-refractivity contribution in [3.63, 3.8) is 0 Å². The highest BCUT2D eigenvalue weighted by Gasteiger charge is 2.16. The number of hydrogen-bond acceptors (Lipinski definition) is 5. The van der Waals surface area contributed by atoms with Crippen molar-refractivity contribution in [3.8, 4) is 5.75 Å². The molecule has 6 heteroatoms. The molecule has 24 heavy (non-hydrogen) atoms. The summed E-state index contributed by atoms with van der Waals surface area (Å²) in [6.45, 7) is 3.52. The van der Waals surface area contributed by atoms with Gasteiger partial charge in [0.05, 0.1) is 7.11 Å². The summed E-state index contributed by atoms with van der Waals surface area (Å²) in [6.07, 6.45) is 2.10. The summed E-state index contributed by atoms with van der Waals surface area (Å²) in [5, 5.41) is 2.68. The number of benzene rings is 1. The van der Waals surface area contributed by atoms with Gasteiger partial charge in [-0.15, -0.1) is 11.3 Å². The van der Waals surface area contributed by atoms with Crippen LogP contribution in [0, 0.1) is 6.92 Å². The average Bonchev–Trinajstić information content (AvgIpc) is 2.99. The highest BCUT2D eigenvalue weighted by Crippen LogP contribution is 2.17. The lowest BCUT2D eigenvalue weighted by Crippen LogP contribution is -2.29. The van der Waals surface area contributed by atoms with E-state index >= 15 is 0 Å². The molecule has 0 spiro atoms. The van der Waals surface area contributed by atoms with Crippen molar-refractivity contribution >= 4 is 35.0 Å². The van der Waals surface area contributed by atoms with Gasteiger partial charge in [-0.1, -0.05) is 0 Å². The van der Waals surface area contributed by atoms with E-state index in [-0.39, 0.29) is 0 Å². The zero-order valence-corrected chi connectivity index (χ0v) is 14.6. The molecule has 1 N–H and O–H groups in total. The number of thiophene rings is 1. The van der Waals surface area contributed by atoms with Gasteiger partial charge in [-0.05, 0) is 56.3 Å². The molecule has 0 bridgehead atoms. The highest BCUT2D eigenvalue weighted by molar-refractivity contribution is 7.12. The number of esters is 1. The van der Waals surface area contributed by atoms with Gasteiger partial charge in [0.1, 0.15) is 5.75 Å². The summed E-state index contributed by atoms with van der Waals surface area (Å²) in [5.41, 5.74) is 0.605. The summed E-state index contributed by atoms with van der Waals surface area (Å²) in [7, 11) is 1.57. The number of carbonyl (C=O) groups is 2. The van der Waals surface area contributed by atoms with Crippen LogP contribution in [0.4, 0.5) is 5.69 Å². The van der Waals surface area contributed by atoms with E-state index in [1.807, 2.05) is 19.1 Å². The van der Waals surface area contributed by atoms with Crippen LogP contribution in [-0.4, -0.2) is 25.1 Å². The van der Waals surface area contributed by atoms with Crippen LogP contribution in [0.25, 0.3) is 6.08 Å². The molecule has 1 atom stereocenters. The first-order valence-corrected chi connectivity index (χ1v) is 8.19. The molecule has 2 aromatic rings. The Kier molecular flexibility index (Phi) is 6.14. The average molecular weight is 345 g/mol. The maximum Gasteiger partial charge on any atom is 0.331 e. The van der Waals surface area contributed by atoms with E-state index in [9.17, 15) is 9.59 Å². The molecule has 0 aliphatic heterocycles. The number of hydrogen-bond donors (Lipinski definition) is 1. The second-order valence-corrected chi connectivity index (χ2v) is 6.40. The van der Waals surface area contributed by atoms with Crippen molar-refractivity contribution in [1.29, 1.82) is 0 Å². The molecule has 0 aliphatic carbocycles. The number of methoxy groups -OCH3 is 1. The topological polar surface area (TPSA) is 64.6 Å². The SMILES string of the molecule is COc1ccc(NC(=O)[C@H](C)OC(=O)/C=C/c2ccc(C)s2)cc1. The molecule has 0 fully saturated rings. The Labute approximate surface area is 144 Å². The third-order valence-corrected chi connectivity index (χ3v) is 4.13. The molecule has 0 unspecified atom stereocenters. The largest absolute Gasteiger partial charge is 0.497 e. The minimum absolute atomic E-state index is 0.395. The summed E-state index contributed by atoms with van der Waals surface area (Å²) in [5.74, 6) is -0.256. The standard InChI is InChI=1S/C18H19NO4S/c1-12-4-9-16(24-12)10-11-17(20)23-13(2)18(21)19-14-5-7-15(22-3)8-6-14/h4-11,13H,1-3H3,(H,19,21)/b11-10+/t13-/m0/s1. The minimum Gasteiger partial charge on any atom is -0.497 e. The monoisotopic (exact) mass is 345 g/mol. The first-order valence-electron chi connectivity index (χ1n) is 7.38. The Morgan fingerprint density at radius 2 is 1.88 bits per heavy atom. The van der Waals surface area contributed by atoms with Crippen molar-refractivity contribution in [2.75, 3.05) is 12.4 Å². The van der Waals surface area contributed by atoms with Crippen molar-refractivity contribution in [3.05, 3.63) is 52.2 Å². The lowest BCUT2D eigenvalue weighted by molar-refractivity contribution is -0.148. The van der Waals surface area contributed by atoms with Crippen LogP contribution in [-0.2, 0) is 14.3 Å². The lowest BCUT2D eigenvalue weighted by Gasteiger charge is -2.12. The Hall–Kier alpha value is -2.60. The van der Waals surface area contributed by atoms with E-state index < -0.39 is 18.0 Å². The number of amides is 1. The van der Waals surface area contributed by atoms with Gasteiger partial charge >= 0.3 is 5.97 Å². The quantitative estimate of drug-likeness (QED) is 0.641. The Bertz CT molecular complexity index is 734. The van der Waals surface area contributed by atoms with E-state index in [4.69, 9.17) is 9.47 Å². The molecular formula is C18H19NO4S. The van der Waals surface area contributed by atoms with E-state index in [1.165, 1.54) is 13.0 Å². The van der Waals surface area contributed by atoms with Crippen LogP contribution < -0.4 is 10.1 Å². The number of nitrogens with one attached hydrogen (secondary N) is 1. The third kappa shape index (κ3) is 5.24. The van der Waals surface area contributed by atoms with E-state index in [0.717, 1.165) is 9.75 Å². The zero-order chi connectivity index (χ0) is 17.5. The number of ether oxygens (including phenoxy) is 2. The van der Waals surface area contributed by atoms with Gasteiger partial charge in [-0.25, -0.2) is 4.79 Å². The molecule has 0 saturated heterocycles. The van der Waals surface area contributed by atoms with Crippen molar-refractivity contribution < 1.29 is 19.1 Å². The van der Waals surface area contributed by atoms with Gasteiger partial charge in [-0.3, -0.25) is 4.79 Å². The molecule has 1 amide bonds. The van der Waals surface area contributed by atoms with Crippen LogP contribution in [0.2, 0.25) is 0 Å². The first-order chi connectivity index (χ1) is 11.5. The molecule has 0 radical (unpaired) electrons. The third-order valence-electron chi connectivity index (χ3n) is 3.16. The van der Waals surface area contributed by atoms with Crippen LogP contribution in [0.3, 0.4) is 0 Å². The van der Waals surface area contributed by atoms with Crippen LogP contribution in [0.5, 0.6) is 5.75 Å². The predicted molar refractivity (Wildman–Crippen MR) is 95.3 cm³/mol. The number of rotatable bonds is 6. The Morgan fingerprint density at radius 3 is 2.46 bits per heavy atom. The smallest absolute Gasteiger partial charge is 0.331 e. The van der Waals surface area contributed by atoms with Crippen LogP contribution in [0.1, 0.15) is 16.7 Å². The molecule has 126 valence electrons. The predicted octanol–water partition coefficient (Wildman–Crippen LogP) is 3.65. The number of carbonyl (C=O) groups excluding carboxylic acids is 2. The molecule has 0 saturated carbocycles. The second-order valence-electron chi connectivity index (χ2n) is 5.08. The fraction of sp³-hybridized carbons (Fsp3) is 0.222. The van der Waals surface area contributed by atoms with Crippen molar-refractivity contribution in [1.82, 2.24) is 0 Å². The number of aryl methyl sites for hydroxylation is 1. The fourth-order valence-corrected chi connectivity index (χ4v) is 2.66. The van der Waals surface area contributed by atoms with Crippen molar-refractivity contribution in [2.45, 2.75) is 20.0 Å². The maximum absolute atomic E-state index is 12.0. The minimum atomic E-state index is -0.894. The highest BCUT2D eigenvalue weighted by atomic mass is 32.1. The van der Waals surface area contributed by atoms with Gasteiger partial charge in [-0.2, -0.15) is 0 Å². The number of anilines is 1. The van der Waals surface area contributed by atoms with E-state index in [1.54, 1.807) is 48.8 Å². The van der Waals surface area contributed by atoms with Crippen LogP contribution >= 0.6 is 11.3 Å².